The number of amides is 1. The predicted octanol–water partition coefficient (Wildman–Crippen LogP) is 2.08. The Hall–Kier alpha value is -1.36. The molecule has 1 unspecified atom stereocenters. The van der Waals surface area contributed by atoms with E-state index in [0.29, 0.717) is 24.4 Å². The summed E-state index contributed by atoms with van der Waals surface area (Å²) in [7, 11) is 1.76. The molecule has 1 aromatic rings. The van der Waals surface area contributed by atoms with Crippen molar-refractivity contribution in [3.8, 4) is 0 Å². The summed E-state index contributed by atoms with van der Waals surface area (Å²) >= 11 is 0. The van der Waals surface area contributed by atoms with Gasteiger partial charge in [-0.1, -0.05) is 13.8 Å². The minimum atomic E-state index is -0.389. The number of aryl methyl sites for hydroxylation is 1. The lowest BCUT2D eigenvalue weighted by atomic mass is 10.1. The van der Waals surface area contributed by atoms with Crippen molar-refractivity contribution in [1.82, 2.24) is 14.7 Å². The Morgan fingerprint density at radius 2 is 2.05 bits per heavy atom. The van der Waals surface area contributed by atoms with Gasteiger partial charge in [-0.2, -0.15) is 5.10 Å². The van der Waals surface area contributed by atoms with Crippen molar-refractivity contribution in [2.24, 2.45) is 5.92 Å². The zero-order valence-electron chi connectivity index (χ0n) is 13.3. The zero-order chi connectivity index (χ0) is 15.3. The number of aliphatic hydroxyl groups is 1. The molecule has 20 heavy (non-hydrogen) atoms. The molecule has 1 rings (SSSR count). The number of carbonyl (C=O) groups is 1. The van der Waals surface area contributed by atoms with Crippen LogP contribution in [0.2, 0.25) is 0 Å². The van der Waals surface area contributed by atoms with Crippen molar-refractivity contribution in [1.29, 1.82) is 0 Å². The van der Waals surface area contributed by atoms with Gasteiger partial charge in [-0.25, -0.2) is 0 Å². The molecule has 0 aliphatic carbocycles. The number of carbonyl (C=O) groups excluding carboxylic acids is 1. The number of aliphatic hydroxyl groups excluding tert-OH is 1. The van der Waals surface area contributed by atoms with E-state index in [4.69, 9.17) is 0 Å². The SMILES string of the molecule is Cc1c(C(=O)N(C)CCC(C)O)cnn1CCC(C)C. The molecule has 1 atom stereocenters. The van der Waals surface area contributed by atoms with Crippen LogP contribution >= 0.6 is 0 Å². The molecule has 1 aromatic heterocycles. The minimum Gasteiger partial charge on any atom is -0.393 e. The molecule has 0 aromatic carbocycles. The lowest BCUT2D eigenvalue weighted by molar-refractivity contribution is 0.0768. The standard InChI is InChI=1S/C15H27N3O2/c1-11(2)6-9-18-13(4)14(10-16-18)15(20)17(5)8-7-12(3)19/h10-12,19H,6-9H2,1-5H3. The molecule has 5 heteroatoms. The molecule has 0 saturated heterocycles. The third kappa shape index (κ3) is 4.63. The topological polar surface area (TPSA) is 58.4 Å². The van der Waals surface area contributed by atoms with Crippen molar-refractivity contribution < 1.29 is 9.90 Å². The first-order valence-electron chi connectivity index (χ1n) is 7.28. The molecule has 0 spiro atoms. The molecule has 0 aliphatic heterocycles. The van der Waals surface area contributed by atoms with Gasteiger partial charge in [0.1, 0.15) is 0 Å². The first-order chi connectivity index (χ1) is 9.32. The van der Waals surface area contributed by atoms with Crippen LogP contribution in [0.1, 0.15) is 49.7 Å². The van der Waals surface area contributed by atoms with E-state index >= 15 is 0 Å². The Morgan fingerprint density at radius 3 is 2.60 bits per heavy atom. The molecular formula is C15H27N3O2. The van der Waals surface area contributed by atoms with E-state index in [-0.39, 0.29) is 12.0 Å². The maximum atomic E-state index is 12.3. The molecule has 1 N–H and O–H groups in total. The third-order valence-electron chi connectivity index (χ3n) is 3.48. The molecule has 0 fully saturated rings. The highest BCUT2D eigenvalue weighted by Gasteiger charge is 2.18. The van der Waals surface area contributed by atoms with Gasteiger partial charge in [0.25, 0.3) is 5.91 Å². The van der Waals surface area contributed by atoms with E-state index in [1.54, 1.807) is 25.1 Å². The molecule has 0 saturated carbocycles. The van der Waals surface area contributed by atoms with Gasteiger partial charge in [0, 0.05) is 25.8 Å². The van der Waals surface area contributed by atoms with Crippen LogP contribution in [0.15, 0.2) is 6.20 Å². The van der Waals surface area contributed by atoms with E-state index in [0.717, 1.165) is 18.7 Å². The Morgan fingerprint density at radius 1 is 1.40 bits per heavy atom. The second kappa shape index (κ2) is 7.43. The van der Waals surface area contributed by atoms with Crippen molar-refractivity contribution in [2.45, 2.75) is 53.2 Å². The third-order valence-corrected chi connectivity index (χ3v) is 3.48. The van der Waals surface area contributed by atoms with Gasteiger partial charge in [0.05, 0.1) is 17.9 Å². The van der Waals surface area contributed by atoms with E-state index in [1.165, 1.54) is 0 Å². The summed E-state index contributed by atoms with van der Waals surface area (Å²) in [6, 6.07) is 0. The smallest absolute Gasteiger partial charge is 0.257 e. The summed E-state index contributed by atoms with van der Waals surface area (Å²) in [4.78, 5) is 14.0. The van der Waals surface area contributed by atoms with Gasteiger partial charge in [-0.3, -0.25) is 9.48 Å². The summed E-state index contributed by atoms with van der Waals surface area (Å²) < 4.78 is 1.90. The van der Waals surface area contributed by atoms with Crippen molar-refractivity contribution in [3.63, 3.8) is 0 Å². The van der Waals surface area contributed by atoms with Crippen LogP contribution in [-0.2, 0) is 6.54 Å². The molecular weight excluding hydrogens is 254 g/mol. The molecule has 1 heterocycles. The second-order valence-electron chi connectivity index (χ2n) is 5.91. The van der Waals surface area contributed by atoms with Gasteiger partial charge in [0.15, 0.2) is 0 Å². The molecule has 0 aliphatic rings. The fourth-order valence-corrected chi connectivity index (χ4v) is 1.95. The van der Waals surface area contributed by atoms with Crippen molar-refractivity contribution in [2.75, 3.05) is 13.6 Å². The number of hydrogen-bond acceptors (Lipinski definition) is 3. The van der Waals surface area contributed by atoms with Gasteiger partial charge in [0.2, 0.25) is 0 Å². The van der Waals surface area contributed by atoms with Crippen LogP contribution < -0.4 is 0 Å². The Labute approximate surface area is 121 Å². The molecule has 0 bridgehead atoms. The van der Waals surface area contributed by atoms with E-state index in [9.17, 15) is 9.90 Å². The Balaban J connectivity index is 2.69. The fraction of sp³-hybridized carbons (Fsp3) is 0.733. The largest absolute Gasteiger partial charge is 0.393 e. The summed E-state index contributed by atoms with van der Waals surface area (Å²) in [6.07, 6.45) is 2.90. The highest BCUT2D eigenvalue weighted by Crippen LogP contribution is 2.12. The fourth-order valence-electron chi connectivity index (χ4n) is 1.95. The van der Waals surface area contributed by atoms with E-state index in [1.807, 2.05) is 11.6 Å². The molecule has 5 nitrogen and oxygen atoms in total. The first kappa shape index (κ1) is 16.7. The molecule has 0 radical (unpaired) electrons. The molecule has 1 amide bonds. The van der Waals surface area contributed by atoms with Gasteiger partial charge in [-0.05, 0) is 32.6 Å². The maximum absolute atomic E-state index is 12.3. The van der Waals surface area contributed by atoms with Crippen LogP contribution in [0.3, 0.4) is 0 Å². The molecule has 114 valence electrons. The van der Waals surface area contributed by atoms with Crippen molar-refractivity contribution in [3.05, 3.63) is 17.5 Å². The van der Waals surface area contributed by atoms with Gasteiger partial charge < -0.3 is 10.0 Å². The lowest BCUT2D eigenvalue weighted by Crippen LogP contribution is -2.29. The van der Waals surface area contributed by atoms with Crippen LogP contribution in [-0.4, -0.2) is 45.4 Å². The summed E-state index contributed by atoms with van der Waals surface area (Å²) in [5, 5.41) is 13.6. The summed E-state index contributed by atoms with van der Waals surface area (Å²) in [5.74, 6) is 0.588. The number of aromatic nitrogens is 2. The Kier molecular flexibility index (Phi) is 6.20. The first-order valence-corrected chi connectivity index (χ1v) is 7.28. The van der Waals surface area contributed by atoms with Gasteiger partial charge in [-0.15, -0.1) is 0 Å². The highest BCUT2D eigenvalue weighted by molar-refractivity contribution is 5.94. The normalized spacial score (nSPS) is 12.8. The summed E-state index contributed by atoms with van der Waals surface area (Å²) in [6.45, 7) is 9.40. The monoisotopic (exact) mass is 281 g/mol. The maximum Gasteiger partial charge on any atom is 0.257 e. The number of nitrogens with zero attached hydrogens (tertiary/aromatic N) is 3. The van der Waals surface area contributed by atoms with E-state index < -0.39 is 0 Å². The van der Waals surface area contributed by atoms with Crippen molar-refractivity contribution >= 4 is 5.91 Å². The van der Waals surface area contributed by atoms with Crippen LogP contribution in [0, 0.1) is 12.8 Å². The Bertz CT molecular complexity index is 438. The second-order valence-corrected chi connectivity index (χ2v) is 5.91. The lowest BCUT2D eigenvalue weighted by Gasteiger charge is -2.17. The van der Waals surface area contributed by atoms with Gasteiger partial charge >= 0.3 is 0 Å². The average molecular weight is 281 g/mol. The zero-order valence-corrected chi connectivity index (χ0v) is 13.3. The summed E-state index contributed by atoms with van der Waals surface area (Å²) in [5.41, 5.74) is 1.57. The van der Waals surface area contributed by atoms with Crippen LogP contribution in [0.25, 0.3) is 0 Å². The quantitative estimate of drug-likeness (QED) is 0.832. The number of hydrogen-bond donors (Lipinski definition) is 1. The predicted molar refractivity (Wildman–Crippen MR) is 79.7 cm³/mol. The van der Waals surface area contributed by atoms with E-state index in [2.05, 4.69) is 18.9 Å². The van der Waals surface area contributed by atoms with Crippen LogP contribution in [0.5, 0.6) is 0 Å². The number of rotatable bonds is 7. The average Bonchev–Trinajstić information content (AvgIpc) is 2.73. The minimum absolute atomic E-state index is 0.0288. The van der Waals surface area contributed by atoms with Crippen LogP contribution in [0.4, 0.5) is 0 Å². The highest BCUT2D eigenvalue weighted by atomic mass is 16.3.